The molecule has 0 spiro atoms. The van der Waals surface area contributed by atoms with Crippen molar-refractivity contribution in [1.82, 2.24) is 35.5 Å². The summed E-state index contributed by atoms with van der Waals surface area (Å²) >= 11 is 4.56. The molecule has 0 fully saturated rings. The van der Waals surface area contributed by atoms with Crippen LogP contribution in [0.1, 0.15) is 0 Å². The maximum absolute atomic E-state index is 4.24. The second-order valence-electron chi connectivity index (χ2n) is 2.84. The molecule has 0 aliphatic rings. The van der Waals surface area contributed by atoms with Gasteiger partial charge in [0.2, 0.25) is 0 Å². The van der Waals surface area contributed by atoms with Crippen LogP contribution in [0.2, 0.25) is 0 Å². The normalized spacial score (nSPS) is 11.1. The Hall–Kier alpha value is -1.26. The van der Waals surface area contributed by atoms with E-state index in [1.54, 1.807) is 11.8 Å². The molecule has 0 aliphatic carbocycles. The SMILES string of the molecule is CSc1nnc(Sc2ccc3nnnn3n2)s1. The Morgan fingerprint density at radius 2 is 2.06 bits per heavy atom. The van der Waals surface area contributed by atoms with Gasteiger partial charge < -0.3 is 0 Å². The fourth-order valence-electron chi connectivity index (χ4n) is 1.10. The number of aromatic nitrogens is 7. The number of thioether (sulfide) groups is 1. The molecule has 3 rings (SSSR count). The van der Waals surface area contributed by atoms with E-state index in [4.69, 9.17) is 0 Å². The third kappa shape index (κ3) is 2.23. The van der Waals surface area contributed by atoms with Crippen LogP contribution in [0.4, 0.5) is 0 Å². The maximum atomic E-state index is 4.24. The lowest BCUT2D eigenvalue weighted by Gasteiger charge is -1.94. The van der Waals surface area contributed by atoms with Crippen molar-refractivity contribution in [2.24, 2.45) is 0 Å². The van der Waals surface area contributed by atoms with Crippen LogP contribution in [0.15, 0.2) is 25.8 Å². The van der Waals surface area contributed by atoms with Crippen LogP contribution in [-0.4, -0.2) is 41.7 Å². The van der Waals surface area contributed by atoms with E-state index in [2.05, 4.69) is 30.8 Å². The number of hydrogen-bond donors (Lipinski definition) is 0. The number of tetrazole rings is 1. The Labute approximate surface area is 108 Å². The largest absolute Gasteiger partial charge is 0.200 e. The van der Waals surface area contributed by atoms with Crippen LogP contribution in [-0.2, 0) is 0 Å². The summed E-state index contributed by atoms with van der Waals surface area (Å²) in [5, 5.41) is 24.2. The van der Waals surface area contributed by atoms with E-state index in [-0.39, 0.29) is 0 Å². The first-order valence-corrected chi connectivity index (χ1v) is 7.32. The van der Waals surface area contributed by atoms with E-state index in [0.29, 0.717) is 5.65 Å². The molecule has 3 aromatic heterocycles. The number of hydrogen-bond acceptors (Lipinski definition) is 9. The molecule has 0 unspecified atom stereocenters. The van der Waals surface area contributed by atoms with Gasteiger partial charge in [0, 0.05) is 0 Å². The predicted molar refractivity (Wildman–Crippen MR) is 64.4 cm³/mol. The summed E-state index contributed by atoms with van der Waals surface area (Å²) in [5.41, 5.74) is 0.622. The fourth-order valence-corrected chi connectivity index (χ4v) is 3.44. The molecule has 0 saturated carbocycles. The van der Waals surface area contributed by atoms with Crippen molar-refractivity contribution in [3.63, 3.8) is 0 Å². The first-order valence-electron chi connectivity index (χ1n) is 4.46. The van der Waals surface area contributed by atoms with Gasteiger partial charge in [0.15, 0.2) is 14.3 Å². The lowest BCUT2D eigenvalue weighted by atomic mass is 10.6. The van der Waals surface area contributed by atoms with Gasteiger partial charge in [-0.2, -0.15) is 0 Å². The molecule has 3 aromatic rings. The number of fused-ring (bicyclic) bond motifs is 1. The Morgan fingerprint density at radius 3 is 2.88 bits per heavy atom. The molecule has 0 N–H and O–H groups in total. The van der Waals surface area contributed by atoms with Crippen LogP contribution in [0.5, 0.6) is 0 Å². The van der Waals surface area contributed by atoms with E-state index in [9.17, 15) is 0 Å². The van der Waals surface area contributed by atoms with Crippen molar-refractivity contribution >= 4 is 40.5 Å². The molecule has 0 radical (unpaired) electrons. The Kier molecular flexibility index (Phi) is 2.91. The molecule has 0 aromatic carbocycles. The third-order valence-electron chi connectivity index (χ3n) is 1.80. The molecule has 0 aliphatic heterocycles. The number of rotatable bonds is 3. The summed E-state index contributed by atoms with van der Waals surface area (Å²) in [6.07, 6.45) is 1.97. The van der Waals surface area contributed by atoms with Crippen molar-refractivity contribution < 1.29 is 0 Å². The summed E-state index contributed by atoms with van der Waals surface area (Å²) in [6, 6.07) is 3.67. The average Bonchev–Trinajstić information content (AvgIpc) is 2.96. The minimum absolute atomic E-state index is 0.622. The summed E-state index contributed by atoms with van der Waals surface area (Å²) in [6.45, 7) is 0. The molecule has 0 saturated heterocycles. The van der Waals surface area contributed by atoms with Gasteiger partial charge in [-0.1, -0.05) is 23.1 Å². The van der Waals surface area contributed by atoms with Crippen LogP contribution in [0.25, 0.3) is 5.65 Å². The highest BCUT2D eigenvalue weighted by Gasteiger charge is 2.07. The molecular weight excluding hydrogens is 278 g/mol. The lowest BCUT2D eigenvalue weighted by Crippen LogP contribution is -1.94. The van der Waals surface area contributed by atoms with Gasteiger partial charge in [-0.05, 0) is 40.6 Å². The first-order chi connectivity index (χ1) is 8.35. The van der Waals surface area contributed by atoms with Crippen LogP contribution >= 0.6 is 34.9 Å². The molecule has 0 amide bonds. The minimum atomic E-state index is 0.622. The van der Waals surface area contributed by atoms with Crippen LogP contribution in [0.3, 0.4) is 0 Å². The average molecular weight is 283 g/mol. The smallest absolute Gasteiger partial charge is 0.140 e. The zero-order chi connectivity index (χ0) is 11.7. The number of nitrogens with zero attached hydrogens (tertiary/aromatic N) is 7. The standard InChI is InChI=1S/C7H5N7S3/c1-15-6-9-10-7(17-6)16-5-3-2-4-8-12-13-14(4)11-5/h2-3H,1H3. The lowest BCUT2D eigenvalue weighted by molar-refractivity contribution is 0.702. The van der Waals surface area contributed by atoms with Crippen molar-refractivity contribution in [3.8, 4) is 0 Å². The zero-order valence-corrected chi connectivity index (χ0v) is 11.0. The van der Waals surface area contributed by atoms with Gasteiger partial charge in [0.25, 0.3) is 0 Å². The summed E-state index contributed by atoms with van der Waals surface area (Å²) in [4.78, 5) is 0. The Morgan fingerprint density at radius 1 is 1.18 bits per heavy atom. The van der Waals surface area contributed by atoms with Crippen LogP contribution in [0, 0.1) is 0 Å². The van der Waals surface area contributed by atoms with Gasteiger partial charge in [0.05, 0.1) is 0 Å². The first kappa shape index (κ1) is 10.9. The molecule has 0 atom stereocenters. The van der Waals surface area contributed by atoms with Gasteiger partial charge >= 0.3 is 0 Å². The highest BCUT2D eigenvalue weighted by atomic mass is 32.2. The highest BCUT2D eigenvalue weighted by molar-refractivity contribution is 8.02. The quantitative estimate of drug-likeness (QED) is 0.664. The predicted octanol–water partition coefficient (Wildman–Crippen LogP) is 1.24. The van der Waals surface area contributed by atoms with Gasteiger partial charge in [0.1, 0.15) is 5.03 Å². The second kappa shape index (κ2) is 4.55. The van der Waals surface area contributed by atoms with E-state index < -0.39 is 0 Å². The highest BCUT2D eigenvalue weighted by Crippen LogP contribution is 2.31. The van der Waals surface area contributed by atoms with E-state index >= 15 is 0 Å². The van der Waals surface area contributed by atoms with Crippen molar-refractivity contribution in [2.45, 2.75) is 13.7 Å². The van der Waals surface area contributed by atoms with Gasteiger partial charge in [-0.25, -0.2) is 0 Å². The molecule has 86 valence electrons. The molecule has 10 heteroatoms. The second-order valence-corrected chi connectivity index (χ2v) is 6.14. The topological polar surface area (TPSA) is 81.8 Å². The summed E-state index contributed by atoms with van der Waals surface area (Å²) < 4.78 is 3.18. The van der Waals surface area contributed by atoms with E-state index in [1.165, 1.54) is 27.7 Å². The summed E-state index contributed by atoms with van der Waals surface area (Å²) in [7, 11) is 0. The molecule has 7 nitrogen and oxygen atoms in total. The minimum Gasteiger partial charge on any atom is -0.140 e. The Balaban J connectivity index is 1.88. The van der Waals surface area contributed by atoms with Gasteiger partial charge in [-0.3, -0.25) is 0 Å². The van der Waals surface area contributed by atoms with Crippen molar-refractivity contribution in [1.29, 1.82) is 0 Å². The Bertz CT molecular complexity index is 648. The monoisotopic (exact) mass is 283 g/mol. The summed E-state index contributed by atoms with van der Waals surface area (Å²) in [5.74, 6) is 0. The van der Waals surface area contributed by atoms with Crippen LogP contribution < -0.4 is 0 Å². The van der Waals surface area contributed by atoms with Crippen molar-refractivity contribution in [2.75, 3.05) is 6.26 Å². The zero-order valence-electron chi connectivity index (χ0n) is 8.51. The van der Waals surface area contributed by atoms with Gasteiger partial charge in [-0.15, -0.1) is 25.0 Å². The molecule has 3 heterocycles. The fraction of sp³-hybridized carbons (Fsp3) is 0.143. The molecule has 17 heavy (non-hydrogen) atoms. The molecule has 0 bridgehead atoms. The van der Waals surface area contributed by atoms with E-state index in [1.807, 2.05) is 18.4 Å². The van der Waals surface area contributed by atoms with Crippen molar-refractivity contribution in [3.05, 3.63) is 12.1 Å². The molecular formula is C7H5N7S3. The van der Waals surface area contributed by atoms with E-state index in [0.717, 1.165) is 13.7 Å². The maximum Gasteiger partial charge on any atom is 0.200 e. The third-order valence-corrected chi connectivity index (χ3v) is 4.68.